The van der Waals surface area contributed by atoms with Gasteiger partial charge in [0.2, 0.25) is 0 Å². The van der Waals surface area contributed by atoms with Gasteiger partial charge in [0.05, 0.1) is 0 Å². The normalized spacial score (nSPS) is 11.8. The zero-order valence-electron chi connectivity index (χ0n) is 13.7. The summed E-state index contributed by atoms with van der Waals surface area (Å²) in [5.41, 5.74) is -0.512. The van der Waals surface area contributed by atoms with E-state index in [1.165, 1.54) is 0 Å². The molecule has 0 radical (unpaired) electrons. The summed E-state index contributed by atoms with van der Waals surface area (Å²) in [4.78, 5) is 24.8. The first-order valence-corrected chi connectivity index (χ1v) is 7.32. The Labute approximate surface area is 122 Å². The Hall–Kier alpha value is -1.26. The van der Waals surface area contributed by atoms with E-state index in [9.17, 15) is 9.59 Å². The van der Waals surface area contributed by atoms with Crippen LogP contribution in [0.15, 0.2) is 0 Å². The van der Waals surface area contributed by atoms with Gasteiger partial charge in [-0.2, -0.15) is 0 Å². The standard InChI is InChI=1S/C15H30N2O3/c1-11(2)9-17(10-12(3)4)14(20)16-15(5,6)8-7-13(18)19/h11-12H,7-10H2,1-6H3,(H,16,20)(H,18,19). The molecule has 0 unspecified atom stereocenters. The van der Waals surface area contributed by atoms with Gasteiger partial charge in [-0.1, -0.05) is 27.7 Å². The molecular weight excluding hydrogens is 256 g/mol. The number of urea groups is 1. The minimum Gasteiger partial charge on any atom is -0.481 e. The summed E-state index contributed by atoms with van der Waals surface area (Å²) in [7, 11) is 0. The maximum Gasteiger partial charge on any atom is 0.317 e. The van der Waals surface area contributed by atoms with E-state index in [2.05, 4.69) is 33.0 Å². The summed E-state index contributed by atoms with van der Waals surface area (Å²) in [5.74, 6) is -0.0307. The van der Waals surface area contributed by atoms with Crippen molar-refractivity contribution in [3.8, 4) is 0 Å². The number of carboxylic acids is 1. The summed E-state index contributed by atoms with van der Waals surface area (Å²) >= 11 is 0. The van der Waals surface area contributed by atoms with Crippen LogP contribution in [0.5, 0.6) is 0 Å². The first-order chi connectivity index (χ1) is 9.03. The molecule has 20 heavy (non-hydrogen) atoms. The van der Waals surface area contributed by atoms with Crippen LogP contribution in [0.4, 0.5) is 4.79 Å². The van der Waals surface area contributed by atoms with Crippen LogP contribution in [0.3, 0.4) is 0 Å². The van der Waals surface area contributed by atoms with E-state index in [0.29, 0.717) is 31.3 Å². The van der Waals surface area contributed by atoms with Crippen molar-refractivity contribution in [1.29, 1.82) is 0 Å². The van der Waals surface area contributed by atoms with Crippen molar-refractivity contribution in [3.63, 3.8) is 0 Å². The minimum absolute atomic E-state index is 0.0572. The van der Waals surface area contributed by atoms with Crippen LogP contribution < -0.4 is 5.32 Å². The Morgan fingerprint density at radius 2 is 1.55 bits per heavy atom. The Balaban J connectivity index is 4.60. The average molecular weight is 286 g/mol. The molecule has 0 fully saturated rings. The van der Waals surface area contributed by atoms with Crippen molar-refractivity contribution in [3.05, 3.63) is 0 Å². The molecular formula is C15H30N2O3. The molecule has 0 atom stereocenters. The SMILES string of the molecule is CC(C)CN(CC(C)C)C(=O)NC(C)(C)CCC(=O)O. The van der Waals surface area contributed by atoms with E-state index >= 15 is 0 Å². The van der Waals surface area contributed by atoms with Crippen LogP contribution in [0, 0.1) is 11.8 Å². The topological polar surface area (TPSA) is 69.6 Å². The fraction of sp³-hybridized carbons (Fsp3) is 0.867. The Morgan fingerprint density at radius 1 is 1.10 bits per heavy atom. The van der Waals surface area contributed by atoms with E-state index in [-0.39, 0.29) is 12.5 Å². The average Bonchev–Trinajstić information content (AvgIpc) is 2.23. The van der Waals surface area contributed by atoms with Gasteiger partial charge in [0, 0.05) is 25.0 Å². The summed E-state index contributed by atoms with van der Waals surface area (Å²) in [6.45, 7) is 13.4. The van der Waals surface area contributed by atoms with Crippen molar-refractivity contribution >= 4 is 12.0 Å². The van der Waals surface area contributed by atoms with Crippen molar-refractivity contribution in [2.45, 2.75) is 59.9 Å². The third-order valence-corrected chi connectivity index (χ3v) is 2.87. The molecule has 0 aliphatic carbocycles. The number of aliphatic carboxylic acids is 1. The third-order valence-electron chi connectivity index (χ3n) is 2.87. The number of hydrogen-bond donors (Lipinski definition) is 2. The van der Waals surface area contributed by atoms with E-state index in [1.807, 2.05) is 18.7 Å². The number of rotatable bonds is 8. The lowest BCUT2D eigenvalue weighted by Gasteiger charge is -2.32. The highest BCUT2D eigenvalue weighted by Crippen LogP contribution is 2.13. The number of carboxylic acid groups (broad SMARTS) is 1. The van der Waals surface area contributed by atoms with Crippen LogP contribution >= 0.6 is 0 Å². The van der Waals surface area contributed by atoms with Gasteiger partial charge in [-0.25, -0.2) is 4.79 Å². The van der Waals surface area contributed by atoms with Gasteiger partial charge in [0.15, 0.2) is 0 Å². The van der Waals surface area contributed by atoms with Gasteiger partial charge < -0.3 is 15.3 Å². The predicted octanol–water partition coefficient (Wildman–Crippen LogP) is 2.95. The molecule has 5 heteroatoms. The fourth-order valence-electron chi connectivity index (χ4n) is 1.97. The first-order valence-electron chi connectivity index (χ1n) is 7.32. The molecule has 0 rings (SSSR count). The molecule has 0 aromatic carbocycles. The predicted molar refractivity (Wildman–Crippen MR) is 80.7 cm³/mol. The van der Waals surface area contributed by atoms with E-state index in [4.69, 9.17) is 5.11 Å². The second kappa shape index (κ2) is 8.12. The monoisotopic (exact) mass is 286 g/mol. The fourth-order valence-corrected chi connectivity index (χ4v) is 1.97. The zero-order chi connectivity index (χ0) is 15.9. The van der Waals surface area contributed by atoms with Crippen LogP contribution in [-0.4, -0.2) is 40.6 Å². The summed E-state index contributed by atoms with van der Waals surface area (Å²) in [6, 6.07) is -0.109. The molecule has 0 bridgehead atoms. The largest absolute Gasteiger partial charge is 0.481 e. The number of nitrogens with zero attached hydrogens (tertiary/aromatic N) is 1. The molecule has 118 valence electrons. The smallest absolute Gasteiger partial charge is 0.317 e. The summed E-state index contributed by atoms with van der Waals surface area (Å²) in [5, 5.41) is 11.7. The van der Waals surface area contributed by atoms with Gasteiger partial charge >= 0.3 is 12.0 Å². The molecule has 0 aliphatic heterocycles. The molecule has 0 aromatic rings. The Kier molecular flexibility index (Phi) is 7.61. The molecule has 0 saturated heterocycles. The molecule has 0 heterocycles. The van der Waals surface area contributed by atoms with Crippen molar-refractivity contribution < 1.29 is 14.7 Å². The summed E-state index contributed by atoms with van der Waals surface area (Å²) < 4.78 is 0. The van der Waals surface area contributed by atoms with Gasteiger partial charge in [-0.05, 0) is 32.1 Å². The van der Waals surface area contributed by atoms with Gasteiger partial charge in [0.25, 0.3) is 0 Å². The van der Waals surface area contributed by atoms with E-state index in [1.54, 1.807) is 0 Å². The van der Waals surface area contributed by atoms with Crippen molar-refractivity contribution in [2.75, 3.05) is 13.1 Å². The van der Waals surface area contributed by atoms with Crippen molar-refractivity contribution in [1.82, 2.24) is 10.2 Å². The highest BCUT2D eigenvalue weighted by atomic mass is 16.4. The lowest BCUT2D eigenvalue weighted by Crippen LogP contribution is -2.51. The summed E-state index contributed by atoms with van der Waals surface area (Å²) in [6.07, 6.45) is 0.479. The van der Waals surface area contributed by atoms with E-state index in [0.717, 1.165) is 0 Å². The lowest BCUT2D eigenvalue weighted by molar-refractivity contribution is -0.137. The molecule has 5 nitrogen and oxygen atoms in total. The number of carbonyl (C=O) groups excluding carboxylic acids is 1. The molecule has 0 saturated carbocycles. The van der Waals surface area contributed by atoms with Gasteiger partial charge in [0.1, 0.15) is 0 Å². The maximum absolute atomic E-state index is 12.3. The Bertz CT molecular complexity index is 315. The van der Waals surface area contributed by atoms with Crippen LogP contribution in [0.25, 0.3) is 0 Å². The van der Waals surface area contributed by atoms with Crippen molar-refractivity contribution in [2.24, 2.45) is 11.8 Å². The molecule has 2 N–H and O–H groups in total. The van der Waals surface area contributed by atoms with E-state index < -0.39 is 11.5 Å². The Morgan fingerprint density at radius 3 is 1.90 bits per heavy atom. The zero-order valence-corrected chi connectivity index (χ0v) is 13.7. The third kappa shape index (κ3) is 8.77. The van der Waals surface area contributed by atoms with Gasteiger partial charge in [-0.3, -0.25) is 4.79 Å². The maximum atomic E-state index is 12.3. The molecule has 0 aromatic heterocycles. The number of hydrogen-bond acceptors (Lipinski definition) is 2. The van der Waals surface area contributed by atoms with Crippen LogP contribution in [0.1, 0.15) is 54.4 Å². The van der Waals surface area contributed by atoms with Gasteiger partial charge in [-0.15, -0.1) is 0 Å². The second-order valence-electron chi connectivity index (χ2n) is 6.90. The highest BCUT2D eigenvalue weighted by molar-refractivity contribution is 5.75. The van der Waals surface area contributed by atoms with Crippen LogP contribution in [0.2, 0.25) is 0 Å². The second-order valence-corrected chi connectivity index (χ2v) is 6.90. The molecule has 0 spiro atoms. The van der Waals surface area contributed by atoms with Crippen LogP contribution in [-0.2, 0) is 4.79 Å². The molecule has 2 amide bonds. The number of carbonyl (C=O) groups is 2. The molecule has 0 aliphatic rings. The highest BCUT2D eigenvalue weighted by Gasteiger charge is 2.25. The number of nitrogens with one attached hydrogen (secondary N) is 1. The quantitative estimate of drug-likeness (QED) is 0.720. The lowest BCUT2D eigenvalue weighted by atomic mass is 9.98. The number of amides is 2. The first kappa shape index (κ1) is 18.7. The minimum atomic E-state index is -0.839.